The van der Waals surface area contributed by atoms with Crippen molar-refractivity contribution in [2.24, 2.45) is 0 Å². The molecule has 0 atom stereocenters. The van der Waals surface area contributed by atoms with Crippen LogP contribution in [0.5, 0.6) is 5.75 Å². The Balaban J connectivity index is 1.53. The number of rotatable bonds is 9. The molecule has 0 radical (unpaired) electrons. The molecule has 0 aliphatic heterocycles. The first-order valence-corrected chi connectivity index (χ1v) is 10.8. The molecule has 1 aliphatic carbocycles. The van der Waals surface area contributed by atoms with Crippen molar-refractivity contribution in [2.45, 2.75) is 38.8 Å². The zero-order valence-electron chi connectivity index (χ0n) is 18.1. The number of carbonyl (C=O) groups is 2. The lowest BCUT2D eigenvalue weighted by Gasteiger charge is -2.27. The minimum atomic E-state index is -0.0373. The van der Waals surface area contributed by atoms with Crippen LogP contribution >= 0.6 is 0 Å². The maximum atomic E-state index is 13.3. The molecule has 2 amide bonds. The zero-order chi connectivity index (χ0) is 21.8. The molecule has 1 heterocycles. The predicted octanol–water partition coefficient (Wildman–Crippen LogP) is 3.76. The first-order chi connectivity index (χ1) is 15.1. The van der Waals surface area contributed by atoms with Gasteiger partial charge in [-0.2, -0.15) is 0 Å². The van der Waals surface area contributed by atoms with Gasteiger partial charge in [0.05, 0.1) is 7.11 Å². The van der Waals surface area contributed by atoms with Gasteiger partial charge in [0.2, 0.25) is 11.8 Å². The predicted molar refractivity (Wildman–Crippen MR) is 121 cm³/mol. The van der Waals surface area contributed by atoms with Crippen molar-refractivity contribution < 1.29 is 14.3 Å². The summed E-state index contributed by atoms with van der Waals surface area (Å²) in [5.74, 6) is 0.690. The summed E-state index contributed by atoms with van der Waals surface area (Å²) in [6, 6.07) is 16.2. The molecule has 6 heteroatoms. The number of carbonyl (C=O) groups excluding carboxylic acids is 2. The van der Waals surface area contributed by atoms with Crippen molar-refractivity contribution in [3.05, 3.63) is 65.9 Å². The summed E-state index contributed by atoms with van der Waals surface area (Å²) in [5, 5.41) is 1.18. The van der Waals surface area contributed by atoms with Crippen LogP contribution < -0.4 is 4.74 Å². The Kier molecular flexibility index (Phi) is 6.26. The van der Waals surface area contributed by atoms with Gasteiger partial charge in [0.25, 0.3) is 0 Å². The van der Waals surface area contributed by atoms with Crippen molar-refractivity contribution in [1.29, 1.82) is 0 Å². The van der Waals surface area contributed by atoms with E-state index in [4.69, 9.17) is 4.74 Å². The molecule has 0 saturated heterocycles. The summed E-state index contributed by atoms with van der Waals surface area (Å²) in [6.45, 7) is 2.68. The normalized spacial score (nSPS) is 13.2. The number of methoxy groups -OCH3 is 1. The van der Waals surface area contributed by atoms with E-state index in [2.05, 4.69) is 17.1 Å². The van der Waals surface area contributed by atoms with Crippen LogP contribution in [0, 0.1) is 0 Å². The number of aromatic nitrogens is 1. The number of hydrogen-bond donors (Lipinski definition) is 1. The van der Waals surface area contributed by atoms with Gasteiger partial charge in [0.15, 0.2) is 0 Å². The van der Waals surface area contributed by atoms with Gasteiger partial charge in [0.1, 0.15) is 12.3 Å². The van der Waals surface area contributed by atoms with Crippen molar-refractivity contribution in [1.82, 2.24) is 14.8 Å². The standard InChI is InChI=1S/C25H29N3O3/c1-18(29)28(21-11-12-21)17-25(30)27(16-20-7-3-6-10-24(20)31-2)14-13-19-15-26-23-9-5-4-8-22(19)23/h3-10,15,21,26H,11-14,16-17H2,1-2H3. The molecule has 1 fully saturated rings. The van der Waals surface area contributed by atoms with E-state index in [0.29, 0.717) is 13.1 Å². The van der Waals surface area contributed by atoms with E-state index in [1.54, 1.807) is 18.9 Å². The monoisotopic (exact) mass is 419 g/mol. The number of benzene rings is 2. The van der Waals surface area contributed by atoms with Crippen LogP contribution in [-0.2, 0) is 22.6 Å². The van der Waals surface area contributed by atoms with E-state index < -0.39 is 0 Å². The highest BCUT2D eigenvalue weighted by molar-refractivity contribution is 5.85. The fourth-order valence-electron chi connectivity index (χ4n) is 4.05. The summed E-state index contributed by atoms with van der Waals surface area (Å²) in [7, 11) is 1.64. The Labute approximate surface area is 182 Å². The molecular weight excluding hydrogens is 390 g/mol. The van der Waals surface area contributed by atoms with Crippen LogP contribution in [0.3, 0.4) is 0 Å². The third-order valence-corrected chi connectivity index (χ3v) is 5.93. The smallest absolute Gasteiger partial charge is 0.242 e. The Morgan fingerprint density at radius 3 is 2.55 bits per heavy atom. The van der Waals surface area contributed by atoms with Crippen LogP contribution in [0.15, 0.2) is 54.7 Å². The fourth-order valence-corrected chi connectivity index (χ4v) is 4.05. The van der Waals surface area contributed by atoms with Gasteiger partial charge >= 0.3 is 0 Å². The molecule has 2 aromatic carbocycles. The van der Waals surface area contributed by atoms with E-state index in [-0.39, 0.29) is 24.4 Å². The molecule has 4 rings (SSSR count). The highest BCUT2D eigenvalue weighted by atomic mass is 16.5. The second kappa shape index (κ2) is 9.25. The third-order valence-electron chi connectivity index (χ3n) is 5.93. The number of fused-ring (bicyclic) bond motifs is 1. The maximum Gasteiger partial charge on any atom is 0.242 e. The number of nitrogens with one attached hydrogen (secondary N) is 1. The van der Waals surface area contributed by atoms with Crippen LogP contribution in [-0.4, -0.2) is 52.8 Å². The van der Waals surface area contributed by atoms with Gasteiger partial charge in [0, 0.05) is 48.7 Å². The Morgan fingerprint density at radius 1 is 1.06 bits per heavy atom. The fraction of sp³-hybridized carbons (Fsp3) is 0.360. The molecule has 0 spiro atoms. The van der Waals surface area contributed by atoms with E-state index in [1.165, 1.54) is 10.9 Å². The molecule has 31 heavy (non-hydrogen) atoms. The number of ether oxygens (including phenoxy) is 1. The molecular formula is C25H29N3O3. The van der Waals surface area contributed by atoms with Crippen molar-refractivity contribution in [3.63, 3.8) is 0 Å². The average molecular weight is 420 g/mol. The molecule has 0 unspecified atom stereocenters. The average Bonchev–Trinajstić information content (AvgIpc) is 3.54. The van der Waals surface area contributed by atoms with Gasteiger partial charge in [-0.3, -0.25) is 9.59 Å². The maximum absolute atomic E-state index is 13.3. The SMILES string of the molecule is COc1ccccc1CN(CCc1c[nH]c2ccccc12)C(=O)CN(C(C)=O)C1CC1. The van der Waals surface area contributed by atoms with E-state index in [0.717, 1.165) is 36.1 Å². The highest BCUT2D eigenvalue weighted by Crippen LogP contribution is 2.27. The number of para-hydroxylation sites is 2. The molecule has 1 N–H and O–H groups in total. The lowest BCUT2D eigenvalue weighted by molar-refractivity contribution is -0.140. The van der Waals surface area contributed by atoms with Gasteiger partial charge < -0.3 is 19.5 Å². The first kappa shape index (κ1) is 21.0. The summed E-state index contributed by atoms with van der Waals surface area (Å²) in [6.07, 6.45) is 4.71. The van der Waals surface area contributed by atoms with Crippen molar-refractivity contribution in [2.75, 3.05) is 20.2 Å². The van der Waals surface area contributed by atoms with Gasteiger partial charge in [-0.25, -0.2) is 0 Å². The van der Waals surface area contributed by atoms with Crippen LogP contribution in [0.2, 0.25) is 0 Å². The summed E-state index contributed by atoms with van der Waals surface area (Å²) in [5.41, 5.74) is 3.23. The van der Waals surface area contributed by atoms with Gasteiger partial charge in [-0.1, -0.05) is 36.4 Å². The van der Waals surface area contributed by atoms with Crippen molar-refractivity contribution >= 4 is 22.7 Å². The number of amides is 2. The molecule has 6 nitrogen and oxygen atoms in total. The number of nitrogens with zero attached hydrogens (tertiary/aromatic N) is 2. The quantitative estimate of drug-likeness (QED) is 0.574. The van der Waals surface area contributed by atoms with Gasteiger partial charge in [-0.15, -0.1) is 0 Å². The lowest BCUT2D eigenvalue weighted by atomic mass is 10.1. The second-order valence-corrected chi connectivity index (χ2v) is 8.11. The van der Waals surface area contributed by atoms with E-state index >= 15 is 0 Å². The van der Waals surface area contributed by atoms with E-state index in [1.807, 2.05) is 47.5 Å². The molecule has 3 aromatic rings. The van der Waals surface area contributed by atoms with E-state index in [9.17, 15) is 9.59 Å². The number of aromatic amines is 1. The summed E-state index contributed by atoms with van der Waals surface area (Å²) < 4.78 is 5.49. The van der Waals surface area contributed by atoms with Crippen LogP contribution in [0.25, 0.3) is 10.9 Å². The first-order valence-electron chi connectivity index (χ1n) is 10.8. The minimum absolute atomic E-state index is 0.0344. The third kappa shape index (κ3) is 4.90. The molecule has 0 bridgehead atoms. The molecule has 1 aromatic heterocycles. The largest absolute Gasteiger partial charge is 0.496 e. The zero-order valence-corrected chi connectivity index (χ0v) is 18.1. The van der Waals surface area contributed by atoms with Crippen LogP contribution in [0.4, 0.5) is 0 Å². The molecule has 162 valence electrons. The van der Waals surface area contributed by atoms with Crippen LogP contribution in [0.1, 0.15) is 30.9 Å². The molecule has 1 saturated carbocycles. The minimum Gasteiger partial charge on any atom is -0.496 e. The summed E-state index contributed by atoms with van der Waals surface area (Å²) >= 11 is 0. The second-order valence-electron chi connectivity index (χ2n) is 8.11. The molecule has 1 aliphatic rings. The number of hydrogen-bond acceptors (Lipinski definition) is 3. The highest BCUT2D eigenvalue weighted by Gasteiger charge is 2.33. The summed E-state index contributed by atoms with van der Waals surface area (Å²) in [4.78, 5) is 32.2. The Bertz CT molecular complexity index is 1070. The van der Waals surface area contributed by atoms with Crippen molar-refractivity contribution in [3.8, 4) is 5.75 Å². The topological polar surface area (TPSA) is 65.6 Å². The lowest BCUT2D eigenvalue weighted by Crippen LogP contribution is -2.43. The van der Waals surface area contributed by atoms with Gasteiger partial charge in [-0.05, 0) is 37.0 Å². The Hall–Kier alpha value is -3.28. The number of H-pyrrole nitrogens is 1. The Morgan fingerprint density at radius 2 is 1.81 bits per heavy atom.